The molecular formula is C20H26N2O4. The molecule has 1 unspecified atom stereocenters. The lowest BCUT2D eigenvalue weighted by molar-refractivity contribution is -0.118. The second-order valence-corrected chi connectivity index (χ2v) is 6.13. The van der Waals surface area contributed by atoms with Crippen LogP contribution in [0.3, 0.4) is 0 Å². The number of carbonyl (C=O) groups excluding carboxylic acids is 1. The van der Waals surface area contributed by atoms with Gasteiger partial charge in [-0.1, -0.05) is 29.8 Å². The Kier molecular flexibility index (Phi) is 7.44. The molecule has 0 saturated carbocycles. The zero-order valence-electron chi connectivity index (χ0n) is 15.4. The summed E-state index contributed by atoms with van der Waals surface area (Å²) in [7, 11) is 1.56. The zero-order valence-corrected chi connectivity index (χ0v) is 15.4. The van der Waals surface area contributed by atoms with Gasteiger partial charge in [-0.2, -0.15) is 0 Å². The van der Waals surface area contributed by atoms with Crippen LogP contribution in [0.5, 0.6) is 11.5 Å². The van der Waals surface area contributed by atoms with Crippen molar-refractivity contribution in [2.75, 3.05) is 25.6 Å². The second kappa shape index (κ2) is 9.79. The molecule has 0 aromatic heterocycles. The molecule has 140 valence electrons. The Hall–Kier alpha value is -2.57. The first-order valence-electron chi connectivity index (χ1n) is 8.53. The van der Waals surface area contributed by atoms with Crippen LogP contribution in [0.1, 0.15) is 18.1 Å². The second-order valence-electron chi connectivity index (χ2n) is 6.13. The number of methoxy groups -OCH3 is 1. The summed E-state index contributed by atoms with van der Waals surface area (Å²) in [5, 5.41) is 15.3. The Morgan fingerprint density at radius 3 is 2.58 bits per heavy atom. The van der Waals surface area contributed by atoms with Crippen LogP contribution in [0.2, 0.25) is 0 Å². The van der Waals surface area contributed by atoms with Gasteiger partial charge in [0.25, 0.3) is 5.91 Å². The molecule has 0 spiro atoms. The van der Waals surface area contributed by atoms with Gasteiger partial charge in [0.05, 0.1) is 13.2 Å². The molecule has 0 heterocycles. The number of benzene rings is 2. The highest BCUT2D eigenvalue weighted by Gasteiger charge is 2.13. The van der Waals surface area contributed by atoms with Crippen LogP contribution in [-0.4, -0.2) is 37.4 Å². The minimum absolute atomic E-state index is 0.127. The highest BCUT2D eigenvalue weighted by Crippen LogP contribution is 2.31. The van der Waals surface area contributed by atoms with E-state index >= 15 is 0 Å². The lowest BCUT2D eigenvalue weighted by Crippen LogP contribution is -2.25. The van der Waals surface area contributed by atoms with Crippen molar-refractivity contribution in [3.8, 4) is 11.5 Å². The van der Waals surface area contributed by atoms with Gasteiger partial charge in [-0.25, -0.2) is 0 Å². The summed E-state index contributed by atoms with van der Waals surface area (Å²) in [5.41, 5.74) is 2.71. The minimum atomic E-state index is -0.440. The summed E-state index contributed by atoms with van der Waals surface area (Å²) in [6, 6.07) is 13.1. The fourth-order valence-electron chi connectivity index (χ4n) is 2.41. The van der Waals surface area contributed by atoms with E-state index in [1.165, 1.54) is 0 Å². The smallest absolute Gasteiger partial charge is 0.262 e. The summed E-state index contributed by atoms with van der Waals surface area (Å²) in [4.78, 5) is 12.2. The molecule has 0 bridgehead atoms. The number of carbonyl (C=O) groups is 1. The van der Waals surface area contributed by atoms with Gasteiger partial charge in [0.1, 0.15) is 0 Å². The Bertz CT molecular complexity index is 714. The minimum Gasteiger partial charge on any atom is -0.493 e. The standard InChI is InChI=1S/C20H26N2O4/c1-14-7-9-17(10-8-14)22-19(24)13-26-20-16(12-21-11-15(2)23)5-4-6-18(20)25-3/h4-10,15,21,23H,11-13H2,1-3H3,(H,22,24). The van der Waals surface area contributed by atoms with E-state index in [-0.39, 0.29) is 12.5 Å². The van der Waals surface area contributed by atoms with E-state index in [1.807, 2.05) is 43.3 Å². The largest absolute Gasteiger partial charge is 0.493 e. The molecule has 0 aliphatic heterocycles. The van der Waals surface area contributed by atoms with Crippen LogP contribution in [0.15, 0.2) is 42.5 Å². The zero-order chi connectivity index (χ0) is 18.9. The molecule has 26 heavy (non-hydrogen) atoms. The molecular weight excluding hydrogens is 332 g/mol. The summed E-state index contributed by atoms with van der Waals surface area (Å²) in [6.07, 6.45) is -0.440. The maximum atomic E-state index is 12.2. The van der Waals surface area contributed by atoms with Crippen molar-refractivity contribution >= 4 is 11.6 Å². The number of anilines is 1. The highest BCUT2D eigenvalue weighted by molar-refractivity contribution is 5.91. The van der Waals surface area contributed by atoms with Crippen molar-refractivity contribution in [1.29, 1.82) is 0 Å². The van der Waals surface area contributed by atoms with Crippen molar-refractivity contribution in [3.63, 3.8) is 0 Å². The lowest BCUT2D eigenvalue weighted by atomic mass is 10.2. The maximum Gasteiger partial charge on any atom is 0.262 e. The van der Waals surface area contributed by atoms with Gasteiger partial charge >= 0.3 is 0 Å². The monoisotopic (exact) mass is 358 g/mol. The molecule has 2 aromatic rings. The molecule has 0 aliphatic rings. The van der Waals surface area contributed by atoms with Crippen LogP contribution in [0, 0.1) is 6.92 Å². The first-order chi connectivity index (χ1) is 12.5. The highest BCUT2D eigenvalue weighted by atomic mass is 16.5. The quantitative estimate of drug-likeness (QED) is 0.642. The van der Waals surface area contributed by atoms with Gasteiger partial charge in [-0.05, 0) is 32.0 Å². The third-order valence-corrected chi connectivity index (χ3v) is 3.72. The molecule has 0 aliphatic carbocycles. The first-order valence-corrected chi connectivity index (χ1v) is 8.53. The maximum absolute atomic E-state index is 12.2. The molecule has 1 amide bonds. The molecule has 0 fully saturated rings. The Balaban J connectivity index is 2.00. The van der Waals surface area contributed by atoms with E-state index < -0.39 is 6.10 Å². The molecule has 1 atom stereocenters. The summed E-state index contributed by atoms with van der Waals surface area (Å²) >= 11 is 0. The predicted molar refractivity (Wildman–Crippen MR) is 102 cm³/mol. The number of nitrogens with one attached hydrogen (secondary N) is 2. The molecule has 6 heteroatoms. The van der Waals surface area contributed by atoms with Gasteiger partial charge < -0.3 is 25.2 Å². The van der Waals surface area contributed by atoms with Crippen molar-refractivity contribution in [2.24, 2.45) is 0 Å². The SMILES string of the molecule is COc1cccc(CNCC(C)O)c1OCC(=O)Nc1ccc(C)cc1. The Morgan fingerprint density at radius 1 is 1.19 bits per heavy atom. The Morgan fingerprint density at radius 2 is 1.92 bits per heavy atom. The topological polar surface area (TPSA) is 79.8 Å². The summed E-state index contributed by atoms with van der Waals surface area (Å²) < 4.78 is 11.1. The third kappa shape index (κ3) is 6.06. The number of hydrogen-bond donors (Lipinski definition) is 3. The molecule has 0 radical (unpaired) electrons. The van der Waals surface area contributed by atoms with Crippen LogP contribution >= 0.6 is 0 Å². The van der Waals surface area contributed by atoms with E-state index in [9.17, 15) is 9.90 Å². The predicted octanol–water partition coefficient (Wildman–Crippen LogP) is 2.49. The lowest BCUT2D eigenvalue weighted by Gasteiger charge is -2.16. The van der Waals surface area contributed by atoms with Gasteiger partial charge in [0.2, 0.25) is 0 Å². The number of aryl methyl sites for hydroxylation is 1. The van der Waals surface area contributed by atoms with Crippen LogP contribution in [-0.2, 0) is 11.3 Å². The normalized spacial score (nSPS) is 11.7. The number of hydrogen-bond acceptors (Lipinski definition) is 5. The molecule has 3 N–H and O–H groups in total. The summed E-state index contributed by atoms with van der Waals surface area (Å²) in [5.74, 6) is 0.833. The van der Waals surface area contributed by atoms with Crippen molar-refractivity contribution < 1.29 is 19.4 Å². The van der Waals surface area contributed by atoms with Crippen molar-refractivity contribution in [1.82, 2.24) is 5.32 Å². The Labute approximate surface area is 154 Å². The van der Waals surface area contributed by atoms with Gasteiger partial charge in [-0.3, -0.25) is 4.79 Å². The van der Waals surface area contributed by atoms with Crippen LogP contribution < -0.4 is 20.1 Å². The number of aliphatic hydroxyl groups is 1. The number of para-hydroxylation sites is 1. The molecule has 6 nitrogen and oxygen atoms in total. The van der Waals surface area contributed by atoms with Gasteiger partial charge in [-0.15, -0.1) is 0 Å². The van der Waals surface area contributed by atoms with E-state index in [1.54, 1.807) is 20.1 Å². The van der Waals surface area contributed by atoms with Crippen molar-refractivity contribution in [3.05, 3.63) is 53.6 Å². The van der Waals surface area contributed by atoms with Gasteiger partial charge in [0.15, 0.2) is 18.1 Å². The fraction of sp³-hybridized carbons (Fsp3) is 0.350. The molecule has 0 saturated heterocycles. The van der Waals surface area contributed by atoms with Crippen LogP contribution in [0.25, 0.3) is 0 Å². The van der Waals surface area contributed by atoms with Crippen LogP contribution in [0.4, 0.5) is 5.69 Å². The number of ether oxygens (including phenoxy) is 2. The number of amides is 1. The average molecular weight is 358 g/mol. The summed E-state index contributed by atoms with van der Waals surface area (Å²) in [6.45, 7) is 4.54. The fourth-order valence-corrected chi connectivity index (χ4v) is 2.41. The average Bonchev–Trinajstić information content (AvgIpc) is 2.62. The van der Waals surface area contributed by atoms with E-state index in [2.05, 4.69) is 10.6 Å². The van der Waals surface area contributed by atoms with E-state index in [0.29, 0.717) is 24.6 Å². The van der Waals surface area contributed by atoms with Gasteiger partial charge in [0, 0.05) is 24.3 Å². The van der Waals surface area contributed by atoms with E-state index in [4.69, 9.17) is 9.47 Å². The third-order valence-electron chi connectivity index (χ3n) is 3.72. The van der Waals surface area contributed by atoms with E-state index in [0.717, 1.165) is 16.8 Å². The molecule has 2 aromatic carbocycles. The molecule has 2 rings (SSSR count). The first kappa shape index (κ1) is 19.8. The number of rotatable bonds is 9. The number of aliphatic hydroxyl groups excluding tert-OH is 1. The van der Waals surface area contributed by atoms with Crippen molar-refractivity contribution in [2.45, 2.75) is 26.5 Å².